The first kappa shape index (κ1) is 10.7. The van der Waals surface area contributed by atoms with Gasteiger partial charge in [-0.3, -0.25) is 4.79 Å². The van der Waals surface area contributed by atoms with E-state index in [4.69, 9.17) is 15.9 Å². The van der Waals surface area contributed by atoms with Crippen LogP contribution in [0.3, 0.4) is 0 Å². The van der Waals surface area contributed by atoms with Crippen LogP contribution in [0.2, 0.25) is 0 Å². The van der Waals surface area contributed by atoms with E-state index in [0.29, 0.717) is 6.29 Å². The molecule has 0 fully saturated rings. The highest BCUT2D eigenvalue weighted by atomic mass is 35.7. The molecule has 4 nitrogen and oxygen atoms in total. The average molecular weight is 230 g/mol. The Morgan fingerprint density at radius 3 is 2.43 bits per heavy atom. The molecule has 0 unspecified atom stereocenters. The molecule has 0 amide bonds. The van der Waals surface area contributed by atoms with Crippen LogP contribution in [-0.4, -0.2) is 14.7 Å². The summed E-state index contributed by atoms with van der Waals surface area (Å²) in [5.74, 6) is 0. The Morgan fingerprint density at radius 1 is 1.36 bits per heavy atom. The first-order chi connectivity index (χ1) is 6.47. The van der Waals surface area contributed by atoms with Gasteiger partial charge in [-0.05, 0) is 18.2 Å². The molecule has 0 spiro atoms. The smallest absolute Gasteiger partial charge is 0.261 e. The summed E-state index contributed by atoms with van der Waals surface area (Å²) in [5.41, 5.74) is 0.178. The number of nitriles is 1. The van der Waals surface area contributed by atoms with Gasteiger partial charge in [-0.15, -0.1) is 0 Å². The van der Waals surface area contributed by atoms with Crippen LogP contribution in [0.25, 0.3) is 0 Å². The summed E-state index contributed by atoms with van der Waals surface area (Å²) in [6.07, 6.45) is 0.451. The second kappa shape index (κ2) is 3.78. The van der Waals surface area contributed by atoms with Gasteiger partial charge in [-0.2, -0.15) is 5.26 Å². The summed E-state index contributed by atoms with van der Waals surface area (Å²) in [5, 5.41) is 8.54. The van der Waals surface area contributed by atoms with Gasteiger partial charge in [-0.1, -0.05) is 0 Å². The van der Waals surface area contributed by atoms with Crippen LogP contribution in [0.15, 0.2) is 23.1 Å². The molecule has 0 heterocycles. The van der Waals surface area contributed by atoms with E-state index in [0.717, 1.165) is 12.1 Å². The fourth-order valence-electron chi connectivity index (χ4n) is 0.895. The lowest BCUT2D eigenvalue weighted by molar-refractivity contribution is 0.112. The van der Waals surface area contributed by atoms with Crippen LogP contribution < -0.4 is 0 Å². The van der Waals surface area contributed by atoms with E-state index in [9.17, 15) is 13.2 Å². The summed E-state index contributed by atoms with van der Waals surface area (Å²) < 4.78 is 21.8. The maximum atomic E-state index is 10.9. The number of halogens is 1. The van der Waals surface area contributed by atoms with Crippen LogP contribution in [0.5, 0.6) is 0 Å². The van der Waals surface area contributed by atoms with E-state index in [1.807, 2.05) is 0 Å². The minimum atomic E-state index is -3.91. The third-order valence-electron chi connectivity index (χ3n) is 1.48. The van der Waals surface area contributed by atoms with Crippen molar-refractivity contribution >= 4 is 26.0 Å². The van der Waals surface area contributed by atoms with Crippen molar-refractivity contribution in [3.05, 3.63) is 29.3 Å². The van der Waals surface area contributed by atoms with Gasteiger partial charge in [0.05, 0.1) is 16.5 Å². The van der Waals surface area contributed by atoms with Gasteiger partial charge < -0.3 is 0 Å². The molecule has 0 atom stereocenters. The van der Waals surface area contributed by atoms with Gasteiger partial charge in [0.1, 0.15) is 6.29 Å². The van der Waals surface area contributed by atoms with Crippen molar-refractivity contribution in [3.8, 4) is 6.07 Å². The Labute approximate surface area is 85.1 Å². The van der Waals surface area contributed by atoms with Crippen molar-refractivity contribution in [3.63, 3.8) is 0 Å². The Bertz CT molecular complexity index is 516. The second-order valence-corrected chi connectivity index (χ2v) is 5.02. The van der Waals surface area contributed by atoms with Crippen LogP contribution in [0.1, 0.15) is 15.9 Å². The predicted molar refractivity (Wildman–Crippen MR) is 49.6 cm³/mol. The van der Waals surface area contributed by atoms with Gasteiger partial charge in [0.15, 0.2) is 0 Å². The monoisotopic (exact) mass is 229 g/mol. The maximum absolute atomic E-state index is 10.9. The van der Waals surface area contributed by atoms with Gasteiger partial charge >= 0.3 is 0 Å². The van der Waals surface area contributed by atoms with Crippen molar-refractivity contribution in [1.29, 1.82) is 5.26 Å². The minimum Gasteiger partial charge on any atom is -0.298 e. The number of hydrogen-bond acceptors (Lipinski definition) is 4. The molecule has 72 valence electrons. The lowest BCUT2D eigenvalue weighted by Crippen LogP contribution is -1.94. The van der Waals surface area contributed by atoms with E-state index in [1.54, 1.807) is 6.07 Å². The quantitative estimate of drug-likeness (QED) is 0.566. The molecule has 1 rings (SSSR count). The number of carbonyl (C=O) groups excluding carboxylic acids is 1. The minimum absolute atomic E-state index is 0.0776. The Morgan fingerprint density at radius 2 is 2.00 bits per heavy atom. The summed E-state index contributed by atoms with van der Waals surface area (Å²) >= 11 is 0. The molecule has 14 heavy (non-hydrogen) atoms. The molecule has 0 saturated heterocycles. The standard InChI is InChI=1S/C8H4ClNO3S/c9-14(12,13)8-2-6(4-10)1-7(3-8)5-11/h1-3,5H. The highest BCUT2D eigenvalue weighted by Crippen LogP contribution is 2.17. The molecule has 0 radical (unpaired) electrons. The van der Waals surface area contributed by atoms with E-state index in [2.05, 4.69) is 0 Å². The van der Waals surface area contributed by atoms with Crippen LogP contribution >= 0.6 is 10.7 Å². The van der Waals surface area contributed by atoms with Gasteiger partial charge in [0.25, 0.3) is 9.05 Å². The first-order valence-corrected chi connectivity index (χ1v) is 5.73. The second-order valence-electron chi connectivity index (χ2n) is 2.46. The topological polar surface area (TPSA) is 75.0 Å². The largest absolute Gasteiger partial charge is 0.298 e. The van der Waals surface area contributed by atoms with Crippen LogP contribution in [0, 0.1) is 11.3 Å². The third kappa shape index (κ3) is 2.31. The molecular formula is C8H4ClNO3S. The normalized spacial score (nSPS) is 10.6. The SMILES string of the molecule is N#Cc1cc(C=O)cc(S(=O)(=O)Cl)c1. The summed E-state index contributed by atoms with van der Waals surface area (Å²) in [7, 11) is 1.16. The van der Waals surface area contributed by atoms with E-state index in [-0.39, 0.29) is 16.0 Å². The summed E-state index contributed by atoms with van der Waals surface area (Å²) in [6.45, 7) is 0. The van der Waals surface area contributed by atoms with E-state index < -0.39 is 9.05 Å². The zero-order valence-corrected chi connectivity index (χ0v) is 8.34. The molecule has 0 N–H and O–H groups in total. The zero-order valence-electron chi connectivity index (χ0n) is 6.77. The van der Waals surface area contributed by atoms with Crippen molar-refractivity contribution in [2.24, 2.45) is 0 Å². The van der Waals surface area contributed by atoms with Gasteiger partial charge in [-0.25, -0.2) is 8.42 Å². The molecule has 0 aliphatic heterocycles. The average Bonchev–Trinajstić information content (AvgIpc) is 2.15. The number of nitrogens with zero attached hydrogens (tertiary/aromatic N) is 1. The number of rotatable bonds is 2. The predicted octanol–water partition coefficient (Wildman–Crippen LogP) is 1.30. The highest BCUT2D eigenvalue weighted by Gasteiger charge is 2.12. The van der Waals surface area contributed by atoms with Crippen LogP contribution in [-0.2, 0) is 9.05 Å². The number of benzene rings is 1. The zero-order chi connectivity index (χ0) is 10.8. The fraction of sp³-hybridized carbons (Fsp3) is 0. The Kier molecular flexibility index (Phi) is 2.89. The van der Waals surface area contributed by atoms with Crippen molar-refractivity contribution in [1.82, 2.24) is 0 Å². The van der Waals surface area contributed by atoms with Crippen molar-refractivity contribution in [2.45, 2.75) is 4.90 Å². The van der Waals surface area contributed by atoms with Gasteiger partial charge in [0.2, 0.25) is 0 Å². The number of hydrogen-bond donors (Lipinski definition) is 0. The molecule has 0 saturated carbocycles. The molecular weight excluding hydrogens is 226 g/mol. The molecule has 0 aromatic heterocycles. The van der Waals surface area contributed by atoms with Crippen LogP contribution in [0.4, 0.5) is 0 Å². The lowest BCUT2D eigenvalue weighted by atomic mass is 10.1. The van der Waals surface area contributed by atoms with Gasteiger partial charge in [0, 0.05) is 16.2 Å². The third-order valence-corrected chi connectivity index (χ3v) is 2.81. The molecule has 0 bridgehead atoms. The Hall–Kier alpha value is -1.38. The number of aldehydes is 1. The van der Waals surface area contributed by atoms with Crippen molar-refractivity contribution < 1.29 is 13.2 Å². The lowest BCUT2D eigenvalue weighted by Gasteiger charge is -1.98. The molecule has 0 aliphatic rings. The summed E-state index contributed by atoms with van der Waals surface area (Å²) in [4.78, 5) is 10.2. The first-order valence-electron chi connectivity index (χ1n) is 3.42. The van der Waals surface area contributed by atoms with E-state index >= 15 is 0 Å². The molecule has 1 aromatic carbocycles. The Balaban J connectivity index is 3.49. The van der Waals surface area contributed by atoms with E-state index in [1.165, 1.54) is 6.07 Å². The van der Waals surface area contributed by atoms with Crippen molar-refractivity contribution in [2.75, 3.05) is 0 Å². The molecule has 0 aliphatic carbocycles. The maximum Gasteiger partial charge on any atom is 0.261 e. The molecule has 6 heteroatoms. The summed E-state index contributed by atoms with van der Waals surface area (Å²) in [6, 6.07) is 5.22. The molecule has 1 aromatic rings. The number of carbonyl (C=O) groups is 1. The highest BCUT2D eigenvalue weighted by molar-refractivity contribution is 8.13. The fourth-order valence-corrected chi connectivity index (χ4v) is 1.71.